The minimum atomic E-state index is 0.854. The van der Waals surface area contributed by atoms with Crippen LogP contribution in [0.2, 0.25) is 0 Å². The highest BCUT2D eigenvalue weighted by molar-refractivity contribution is 4.92. The van der Waals surface area contributed by atoms with E-state index in [1.54, 1.807) is 0 Å². The number of rotatable bonds is 6. The quantitative estimate of drug-likeness (QED) is 0.758. The van der Waals surface area contributed by atoms with Gasteiger partial charge in [0, 0.05) is 51.4 Å². The average Bonchev–Trinajstić information content (AvgIpc) is 2.33. The summed E-state index contributed by atoms with van der Waals surface area (Å²) in [5, 5.41) is 3.44. The maximum atomic E-state index is 3.44. The van der Waals surface area contributed by atoms with Gasteiger partial charge in [0.2, 0.25) is 0 Å². The van der Waals surface area contributed by atoms with E-state index < -0.39 is 0 Å². The Morgan fingerprint density at radius 3 is 2.47 bits per heavy atom. The van der Waals surface area contributed by atoms with E-state index in [0.29, 0.717) is 0 Å². The first-order valence-electron chi connectivity index (χ1n) is 7.54. The molecule has 0 amide bonds. The minimum Gasteiger partial charge on any atom is -0.314 e. The normalized spacial score (nSPS) is 25.8. The monoisotopic (exact) mass is 239 g/mol. The fourth-order valence-corrected chi connectivity index (χ4v) is 3.15. The predicted molar refractivity (Wildman–Crippen MR) is 73.4 cm³/mol. The van der Waals surface area contributed by atoms with Gasteiger partial charge in [-0.3, -0.25) is 9.80 Å². The van der Waals surface area contributed by atoms with Crippen molar-refractivity contribution in [2.75, 3.05) is 39.3 Å². The van der Waals surface area contributed by atoms with Crippen molar-refractivity contribution in [3.63, 3.8) is 0 Å². The van der Waals surface area contributed by atoms with Gasteiger partial charge in [0.25, 0.3) is 0 Å². The van der Waals surface area contributed by atoms with Crippen LogP contribution in [0, 0.1) is 0 Å². The topological polar surface area (TPSA) is 18.5 Å². The Hall–Kier alpha value is -0.120. The van der Waals surface area contributed by atoms with Crippen LogP contribution in [0.25, 0.3) is 0 Å². The van der Waals surface area contributed by atoms with Gasteiger partial charge in [-0.2, -0.15) is 0 Å². The second-order valence-electron chi connectivity index (χ2n) is 5.60. The molecule has 17 heavy (non-hydrogen) atoms. The highest BCUT2D eigenvalue weighted by atomic mass is 15.3. The molecule has 2 heterocycles. The minimum absolute atomic E-state index is 0.854. The molecule has 0 radical (unpaired) electrons. The molecule has 2 rings (SSSR count). The third-order valence-electron chi connectivity index (χ3n) is 4.44. The maximum Gasteiger partial charge on any atom is 0.0351 e. The van der Waals surface area contributed by atoms with Gasteiger partial charge in [-0.05, 0) is 12.8 Å². The van der Waals surface area contributed by atoms with Crippen LogP contribution >= 0.6 is 0 Å². The lowest BCUT2D eigenvalue weighted by molar-refractivity contribution is -0.00419. The van der Waals surface area contributed by atoms with Crippen LogP contribution in [-0.2, 0) is 0 Å². The van der Waals surface area contributed by atoms with Gasteiger partial charge < -0.3 is 5.32 Å². The number of likely N-dealkylation sites (tertiary alicyclic amines) is 1. The summed E-state index contributed by atoms with van der Waals surface area (Å²) in [7, 11) is 0. The SMILES string of the molecule is CCCCC(CC)N1CC(N2CCNCC2)C1. The first-order valence-corrected chi connectivity index (χ1v) is 7.54. The van der Waals surface area contributed by atoms with E-state index >= 15 is 0 Å². The zero-order chi connectivity index (χ0) is 12.1. The second kappa shape index (κ2) is 6.72. The van der Waals surface area contributed by atoms with E-state index in [0.717, 1.165) is 12.1 Å². The highest BCUT2D eigenvalue weighted by Gasteiger charge is 2.35. The molecule has 0 spiro atoms. The van der Waals surface area contributed by atoms with E-state index in [4.69, 9.17) is 0 Å². The molecule has 2 saturated heterocycles. The molecule has 0 aliphatic carbocycles. The van der Waals surface area contributed by atoms with Gasteiger partial charge in [0.15, 0.2) is 0 Å². The molecule has 3 nitrogen and oxygen atoms in total. The van der Waals surface area contributed by atoms with Gasteiger partial charge >= 0.3 is 0 Å². The molecule has 0 aromatic carbocycles. The van der Waals surface area contributed by atoms with Crippen LogP contribution in [0.15, 0.2) is 0 Å². The lowest BCUT2D eigenvalue weighted by Crippen LogP contribution is -2.64. The number of piperazine rings is 1. The van der Waals surface area contributed by atoms with Gasteiger partial charge in [-0.15, -0.1) is 0 Å². The number of nitrogens with zero attached hydrogens (tertiary/aromatic N) is 2. The molecular weight excluding hydrogens is 210 g/mol. The molecule has 0 bridgehead atoms. The zero-order valence-electron chi connectivity index (χ0n) is 11.6. The third-order valence-corrected chi connectivity index (χ3v) is 4.44. The zero-order valence-corrected chi connectivity index (χ0v) is 11.6. The number of hydrogen-bond acceptors (Lipinski definition) is 3. The summed E-state index contributed by atoms with van der Waals surface area (Å²) in [5.74, 6) is 0. The lowest BCUT2D eigenvalue weighted by Gasteiger charge is -2.50. The summed E-state index contributed by atoms with van der Waals surface area (Å²) < 4.78 is 0. The first kappa shape index (κ1) is 13.3. The Morgan fingerprint density at radius 1 is 1.18 bits per heavy atom. The van der Waals surface area contributed by atoms with Crippen LogP contribution < -0.4 is 5.32 Å². The summed E-state index contributed by atoms with van der Waals surface area (Å²) in [5.41, 5.74) is 0. The van der Waals surface area contributed by atoms with Crippen LogP contribution in [0.5, 0.6) is 0 Å². The Bertz CT molecular complexity index is 208. The Labute approximate surface area is 107 Å². The van der Waals surface area contributed by atoms with Gasteiger partial charge in [-0.1, -0.05) is 26.7 Å². The van der Waals surface area contributed by atoms with E-state index in [1.165, 1.54) is 65.0 Å². The Kier molecular flexibility index (Phi) is 5.26. The summed E-state index contributed by atoms with van der Waals surface area (Å²) in [6.45, 7) is 12.2. The second-order valence-corrected chi connectivity index (χ2v) is 5.60. The highest BCUT2D eigenvalue weighted by Crippen LogP contribution is 2.22. The third kappa shape index (κ3) is 3.43. The predicted octanol–water partition coefficient (Wildman–Crippen LogP) is 1.54. The van der Waals surface area contributed by atoms with Gasteiger partial charge in [-0.25, -0.2) is 0 Å². The van der Waals surface area contributed by atoms with Crippen molar-refractivity contribution in [1.82, 2.24) is 15.1 Å². The standard InChI is InChI=1S/C14H29N3/c1-3-5-6-13(4-2)17-11-14(12-17)16-9-7-15-8-10-16/h13-15H,3-12H2,1-2H3. The fraction of sp³-hybridized carbons (Fsp3) is 1.00. The largest absolute Gasteiger partial charge is 0.314 e. The van der Waals surface area contributed by atoms with Crippen molar-refractivity contribution in [2.45, 2.75) is 51.6 Å². The van der Waals surface area contributed by atoms with Crippen LogP contribution in [0.3, 0.4) is 0 Å². The molecule has 1 unspecified atom stereocenters. The van der Waals surface area contributed by atoms with Crippen molar-refractivity contribution in [2.24, 2.45) is 0 Å². The average molecular weight is 239 g/mol. The van der Waals surface area contributed by atoms with Crippen molar-refractivity contribution in [1.29, 1.82) is 0 Å². The van der Waals surface area contributed by atoms with E-state index in [9.17, 15) is 0 Å². The van der Waals surface area contributed by atoms with E-state index in [-0.39, 0.29) is 0 Å². The number of unbranched alkanes of at least 4 members (excludes halogenated alkanes) is 1. The summed E-state index contributed by atoms with van der Waals surface area (Å²) in [6, 6.07) is 1.71. The summed E-state index contributed by atoms with van der Waals surface area (Å²) in [4.78, 5) is 5.39. The summed E-state index contributed by atoms with van der Waals surface area (Å²) in [6.07, 6.45) is 5.47. The van der Waals surface area contributed by atoms with Gasteiger partial charge in [0.1, 0.15) is 0 Å². The molecule has 0 aromatic rings. The number of nitrogens with one attached hydrogen (secondary N) is 1. The van der Waals surface area contributed by atoms with Crippen LogP contribution in [0.1, 0.15) is 39.5 Å². The van der Waals surface area contributed by atoms with Crippen LogP contribution in [-0.4, -0.2) is 61.2 Å². The molecular formula is C14H29N3. The van der Waals surface area contributed by atoms with Crippen LogP contribution in [0.4, 0.5) is 0 Å². The molecule has 0 aromatic heterocycles. The first-order chi connectivity index (χ1) is 8.35. The van der Waals surface area contributed by atoms with Crippen molar-refractivity contribution >= 4 is 0 Å². The Balaban J connectivity index is 1.69. The van der Waals surface area contributed by atoms with Crippen molar-refractivity contribution in [3.05, 3.63) is 0 Å². The Morgan fingerprint density at radius 2 is 1.88 bits per heavy atom. The van der Waals surface area contributed by atoms with Crippen molar-refractivity contribution < 1.29 is 0 Å². The van der Waals surface area contributed by atoms with E-state index in [2.05, 4.69) is 29.0 Å². The molecule has 0 saturated carbocycles. The lowest BCUT2D eigenvalue weighted by atomic mass is 9.98. The molecule has 1 atom stereocenters. The molecule has 1 N–H and O–H groups in total. The molecule has 2 fully saturated rings. The number of hydrogen-bond donors (Lipinski definition) is 1. The fourth-order valence-electron chi connectivity index (χ4n) is 3.15. The summed E-state index contributed by atoms with van der Waals surface area (Å²) >= 11 is 0. The molecule has 100 valence electrons. The maximum absolute atomic E-state index is 3.44. The molecule has 2 aliphatic heterocycles. The van der Waals surface area contributed by atoms with Gasteiger partial charge in [0.05, 0.1) is 0 Å². The molecule has 3 heteroatoms. The van der Waals surface area contributed by atoms with Crippen molar-refractivity contribution in [3.8, 4) is 0 Å². The smallest absolute Gasteiger partial charge is 0.0351 e. The molecule has 2 aliphatic rings. The van der Waals surface area contributed by atoms with E-state index in [1.807, 2.05) is 0 Å².